The molecule has 5 nitrogen and oxygen atoms in total. The van der Waals surface area contributed by atoms with E-state index < -0.39 is 0 Å². The van der Waals surface area contributed by atoms with Crippen LogP contribution in [0.1, 0.15) is 30.6 Å². The van der Waals surface area contributed by atoms with Crippen LogP contribution in [-0.4, -0.2) is 48.0 Å². The third-order valence-electron chi connectivity index (χ3n) is 3.09. The van der Waals surface area contributed by atoms with Crippen molar-refractivity contribution in [2.75, 3.05) is 31.5 Å². The average Bonchev–Trinajstić information content (AvgIpc) is 2.67. The molecule has 0 radical (unpaired) electrons. The van der Waals surface area contributed by atoms with E-state index in [9.17, 15) is 4.79 Å². The van der Waals surface area contributed by atoms with Gasteiger partial charge in [-0.15, -0.1) is 0 Å². The van der Waals surface area contributed by atoms with Gasteiger partial charge in [0, 0.05) is 31.9 Å². The molecule has 1 fully saturated rings. The first-order valence-electron chi connectivity index (χ1n) is 6.90. The predicted octanol–water partition coefficient (Wildman–Crippen LogP) is 1.34. The van der Waals surface area contributed by atoms with E-state index in [1.807, 2.05) is 30.9 Å². The Morgan fingerprint density at radius 1 is 1.42 bits per heavy atom. The molecule has 2 N–H and O–H groups in total. The van der Waals surface area contributed by atoms with Gasteiger partial charge in [-0.1, -0.05) is 0 Å². The molecular weight excluding hydrogens is 240 g/mol. The number of hydrogen-bond donors (Lipinski definition) is 2. The minimum absolute atomic E-state index is 0.0694. The normalized spacial score (nSPS) is 16.3. The summed E-state index contributed by atoms with van der Waals surface area (Å²) in [4.78, 5) is 18.8. The Morgan fingerprint density at radius 3 is 3.05 bits per heavy atom. The molecule has 19 heavy (non-hydrogen) atoms. The lowest BCUT2D eigenvalue weighted by Crippen LogP contribution is -2.35. The second-order valence-electron chi connectivity index (χ2n) is 5.09. The number of carbonyl (C=O) groups excluding carboxylic acids is 1. The number of amides is 1. The monoisotopic (exact) mass is 262 g/mol. The Hall–Kier alpha value is -1.62. The van der Waals surface area contributed by atoms with E-state index in [0.717, 1.165) is 32.6 Å². The lowest BCUT2D eigenvalue weighted by molar-refractivity contribution is 0.0767. The highest BCUT2D eigenvalue weighted by Gasteiger charge is 2.20. The van der Waals surface area contributed by atoms with Gasteiger partial charge in [0.1, 0.15) is 5.82 Å². The molecule has 0 unspecified atom stereocenters. The Kier molecular flexibility index (Phi) is 4.74. The lowest BCUT2D eigenvalue weighted by Gasteiger charge is -2.22. The minimum atomic E-state index is 0.0694. The molecule has 1 aromatic heterocycles. The highest BCUT2D eigenvalue weighted by molar-refractivity contribution is 5.98. The average molecular weight is 262 g/mol. The van der Waals surface area contributed by atoms with Crippen LogP contribution in [0.25, 0.3) is 0 Å². The molecule has 0 atom stereocenters. The Balaban J connectivity index is 2.17. The summed E-state index contributed by atoms with van der Waals surface area (Å²) < 4.78 is 0. The zero-order chi connectivity index (χ0) is 13.7. The molecule has 1 aromatic rings. The fourth-order valence-electron chi connectivity index (χ4n) is 2.19. The Bertz CT molecular complexity index is 425. The molecule has 104 valence electrons. The standard InChI is InChI=1S/C14H22N4O/c1-11(2)17-13-12(5-3-7-16-13)14(19)18-9-4-6-15-8-10-18/h3,5,7,11,15H,4,6,8-10H2,1-2H3,(H,16,17). The van der Waals surface area contributed by atoms with Crippen molar-refractivity contribution in [2.45, 2.75) is 26.3 Å². The third-order valence-corrected chi connectivity index (χ3v) is 3.09. The minimum Gasteiger partial charge on any atom is -0.367 e. The lowest BCUT2D eigenvalue weighted by atomic mass is 10.2. The van der Waals surface area contributed by atoms with Crippen molar-refractivity contribution >= 4 is 11.7 Å². The fraction of sp³-hybridized carbons (Fsp3) is 0.571. The van der Waals surface area contributed by atoms with Gasteiger partial charge in [-0.2, -0.15) is 0 Å². The van der Waals surface area contributed by atoms with E-state index in [0.29, 0.717) is 11.4 Å². The second kappa shape index (κ2) is 6.52. The Labute approximate surface area is 114 Å². The van der Waals surface area contributed by atoms with E-state index in [1.165, 1.54) is 0 Å². The van der Waals surface area contributed by atoms with Crippen LogP contribution in [0, 0.1) is 0 Å². The molecule has 1 aliphatic rings. The summed E-state index contributed by atoms with van der Waals surface area (Å²) in [5, 5.41) is 6.54. The number of pyridine rings is 1. The summed E-state index contributed by atoms with van der Waals surface area (Å²) in [5.41, 5.74) is 0.665. The van der Waals surface area contributed by atoms with E-state index in [1.54, 1.807) is 6.20 Å². The molecule has 2 rings (SSSR count). The van der Waals surface area contributed by atoms with Gasteiger partial charge in [-0.25, -0.2) is 4.98 Å². The quantitative estimate of drug-likeness (QED) is 0.863. The topological polar surface area (TPSA) is 57.3 Å². The summed E-state index contributed by atoms with van der Waals surface area (Å²) in [6.07, 6.45) is 2.71. The molecule has 5 heteroatoms. The zero-order valence-corrected chi connectivity index (χ0v) is 11.6. The molecule has 2 heterocycles. The van der Waals surface area contributed by atoms with Crippen molar-refractivity contribution in [3.63, 3.8) is 0 Å². The van der Waals surface area contributed by atoms with Crippen molar-refractivity contribution < 1.29 is 4.79 Å². The number of rotatable bonds is 3. The second-order valence-corrected chi connectivity index (χ2v) is 5.09. The molecule has 0 aliphatic carbocycles. The molecule has 1 amide bonds. The van der Waals surface area contributed by atoms with Crippen LogP contribution in [-0.2, 0) is 0 Å². The van der Waals surface area contributed by atoms with Crippen LogP contribution in [0.2, 0.25) is 0 Å². The van der Waals surface area contributed by atoms with Crippen LogP contribution >= 0.6 is 0 Å². The molecule has 1 saturated heterocycles. The van der Waals surface area contributed by atoms with Crippen molar-refractivity contribution in [1.82, 2.24) is 15.2 Å². The van der Waals surface area contributed by atoms with Gasteiger partial charge in [0.15, 0.2) is 0 Å². The first-order chi connectivity index (χ1) is 9.18. The van der Waals surface area contributed by atoms with Crippen LogP contribution in [0.4, 0.5) is 5.82 Å². The number of carbonyl (C=O) groups is 1. The number of nitrogens with zero attached hydrogens (tertiary/aromatic N) is 2. The van der Waals surface area contributed by atoms with Gasteiger partial charge >= 0.3 is 0 Å². The van der Waals surface area contributed by atoms with E-state index in [4.69, 9.17) is 0 Å². The van der Waals surface area contributed by atoms with E-state index >= 15 is 0 Å². The zero-order valence-electron chi connectivity index (χ0n) is 11.6. The SMILES string of the molecule is CC(C)Nc1ncccc1C(=O)N1CCCNCC1. The van der Waals surface area contributed by atoms with Gasteiger partial charge in [0.25, 0.3) is 5.91 Å². The molecule has 1 aliphatic heterocycles. The van der Waals surface area contributed by atoms with Gasteiger partial charge in [0.05, 0.1) is 5.56 Å². The summed E-state index contributed by atoms with van der Waals surface area (Å²) in [7, 11) is 0. The van der Waals surface area contributed by atoms with Crippen LogP contribution in [0.15, 0.2) is 18.3 Å². The number of nitrogens with one attached hydrogen (secondary N) is 2. The van der Waals surface area contributed by atoms with Gasteiger partial charge < -0.3 is 15.5 Å². The van der Waals surface area contributed by atoms with Crippen LogP contribution in [0.5, 0.6) is 0 Å². The summed E-state index contributed by atoms with van der Waals surface area (Å²) in [6, 6.07) is 3.92. The van der Waals surface area contributed by atoms with Crippen molar-refractivity contribution in [1.29, 1.82) is 0 Å². The predicted molar refractivity (Wildman–Crippen MR) is 76.4 cm³/mol. The number of anilines is 1. The van der Waals surface area contributed by atoms with Crippen molar-refractivity contribution in [3.05, 3.63) is 23.9 Å². The first kappa shape index (κ1) is 13.8. The molecular formula is C14H22N4O. The third kappa shape index (κ3) is 3.67. The van der Waals surface area contributed by atoms with Crippen LogP contribution in [0.3, 0.4) is 0 Å². The molecule has 0 spiro atoms. The number of hydrogen-bond acceptors (Lipinski definition) is 4. The van der Waals surface area contributed by atoms with E-state index in [2.05, 4.69) is 15.6 Å². The van der Waals surface area contributed by atoms with Crippen molar-refractivity contribution in [3.8, 4) is 0 Å². The highest BCUT2D eigenvalue weighted by atomic mass is 16.2. The smallest absolute Gasteiger partial charge is 0.257 e. The van der Waals surface area contributed by atoms with Crippen molar-refractivity contribution in [2.24, 2.45) is 0 Å². The van der Waals surface area contributed by atoms with Gasteiger partial charge in [0.2, 0.25) is 0 Å². The largest absolute Gasteiger partial charge is 0.367 e. The summed E-state index contributed by atoms with van der Waals surface area (Å²) in [6.45, 7) is 7.49. The first-order valence-corrected chi connectivity index (χ1v) is 6.90. The maximum Gasteiger partial charge on any atom is 0.257 e. The molecule has 0 aromatic carbocycles. The van der Waals surface area contributed by atoms with E-state index in [-0.39, 0.29) is 11.9 Å². The number of aromatic nitrogens is 1. The maximum absolute atomic E-state index is 12.6. The highest BCUT2D eigenvalue weighted by Crippen LogP contribution is 2.15. The van der Waals surface area contributed by atoms with Gasteiger partial charge in [-0.05, 0) is 38.9 Å². The summed E-state index contributed by atoms with van der Waals surface area (Å²) in [5.74, 6) is 0.750. The molecule has 0 bridgehead atoms. The fourth-order valence-corrected chi connectivity index (χ4v) is 2.19. The molecule has 0 saturated carbocycles. The van der Waals surface area contributed by atoms with Crippen LogP contribution < -0.4 is 10.6 Å². The maximum atomic E-state index is 12.6. The van der Waals surface area contributed by atoms with Gasteiger partial charge in [-0.3, -0.25) is 4.79 Å². The summed E-state index contributed by atoms with van der Waals surface area (Å²) >= 11 is 0. The Morgan fingerprint density at radius 2 is 2.26 bits per heavy atom.